The van der Waals surface area contributed by atoms with Crippen molar-refractivity contribution in [3.05, 3.63) is 78.4 Å². The Morgan fingerprint density at radius 1 is 0.609 bits per heavy atom. The van der Waals surface area contributed by atoms with E-state index in [1.165, 1.54) is 0 Å². The zero-order chi connectivity index (χ0) is 15.8. The summed E-state index contributed by atoms with van der Waals surface area (Å²) in [4.78, 5) is 24.7. The Hall–Kier alpha value is -2.65. The van der Waals surface area contributed by atoms with Crippen LogP contribution in [0.5, 0.6) is 0 Å². The van der Waals surface area contributed by atoms with Crippen LogP contribution in [0.25, 0.3) is 22.3 Å². The van der Waals surface area contributed by atoms with E-state index < -0.39 is 10.9 Å². The number of hydrogen-bond donors (Lipinski definition) is 0. The highest BCUT2D eigenvalue weighted by atomic mass is 32.2. The standard InChI is InChI=1S/C20H12O2S/c21-18-16-12-11-15(13-7-3-1-4-8-13)17(19(16)23-20(18)22)14-9-5-2-6-10-14/h1-12H. The molecule has 0 N–H and O–H groups in total. The first-order valence-corrected chi connectivity index (χ1v) is 8.12. The summed E-state index contributed by atoms with van der Waals surface area (Å²) in [5, 5.41) is -0.401. The van der Waals surface area contributed by atoms with E-state index in [4.69, 9.17) is 0 Å². The Bertz CT molecular complexity index is 915. The Morgan fingerprint density at radius 3 is 1.83 bits per heavy atom. The minimum absolute atomic E-state index is 0.401. The Kier molecular flexibility index (Phi) is 3.36. The third kappa shape index (κ3) is 2.30. The van der Waals surface area contributed by atoms with Crippen molar-refractivity contribution in [1.82, 2.24) is 0 Å². The Balaban J connectivity index is 2.04. The van der Waals surface area contributed by atoms with Crippen molar-refractivity contribution in [3.8, 4) is 22.3 Å². The number of Topliss-reactive ketones (excluding diaryl/α,β-unsaturated/α-hetero) is 1. The van der Waals surface area contributed by atoms with Crippen molar-refractivity contribution in [2.24, 2.45) is 0 Å². The summed E-state index contributed by atoms with van der Waals surface area (Å²) in [5.41, 5.74) is 4.59. The molecule has 3 aromatic rings. The number of carbonyl (C=O) groups is 2. The maximum Gasteiger partial charge on any atom is 0.264 e. The first-order valence-electron chi connectivity index (χ1n) is 7.30. The highest BCUT2D eigenvalue weighted by Crippen LogP contribution is 2.45. The number of hydrogen-bond acceptors (Lipinski definition) is 3. The van der Waals surface area contributed by atoms with Crippen molar-refractivity contribution in [2.75, 3.05) is 0 Å². The highest BCUT2D eigenvalue weighted by molar-refractivity contribution is 8.16. The van der Waals surface area contributed by atoms with Crippen LogP contribution >= 0.6 is 11.8 Å². The second-order valence-electron chi connectivity index (χ2n) is 5.32. The molecule has 3 heteroatoms. The maximum absolute atomic E-state index is 12.1. The van der Waals surface area contributed by atoms with Gasteiger partial charge in [-0.3, -0.25) is 9.59 Å². The number of carbonyl (C=O) groups excluding carboxylic acids is 2. The molecule has 0 spiro atoms. The number of rotatable bonds is 2. The fourth-order valence-electron chi connectivity index (χ4n) is 2.87. The molecule has 1 aliphatic rings. The third-order valence-electron chi connectivity index (χ3n) is 3.93. The molecule has 23 heavy (non-hydrogen) atoms. The van der Waals surface area contributed by atoms with Gasteiger partial charge in [-0.15, -0.1) is 0 Å². The molecule has 0 aromatic heterocycles. The zero-order valence-corrected chi connectivity index (χ0v) is 13.0. The van der Waals surface area contributed by atoms with Crippen LogP contribution in [0.1, 0.15) is 10.4 Å². The molecule has 0 saturated heterocycles. The van der Waals surface area contributed by atoms with Gasteiger partial charge in [0.2, 0.25) is 5.78 Å². The minimum atomic E-state index is -0.401. The largest absolute Gasteiger partial charge is 0.284 e. The molecule has 110 valence electrons. The SMILES string of the molecule is O=C1Sc2c(ccc(-c3ccccc3)c2-c2ccccc2)C1=O. The van der Waals surface area contributed by atoms with E-state index in [2.05, 4.69) is 0 Å². The van der Waals surface area contributed by atoms with Gasteiger partial charge in [0.1, 0.15) is 0 Å². The average Bonchev–Trinajstić information content (AvgIpc) is 2.90. The number of fused-ring (bicyclic) bond motifs is 1. The number of benzene rings is 3. The maximum atomic E-state index is 12.1. The lowest BCUT2D eigenvalue weighted by Gasteiger charge is -2.14. The second-order valence-corrected chi connectivity index (χ2v) is 6.30. The van der Waals surface area contributed by atoms with Crippen LogP contribution in [0.15, 0.2) is 77.7 Å². The van der Waals surface area contributed by atoms with Crippen LogP contribution in [0.4, 0.5) is 0 Å². The van der Waals surface area contributed by atoms with Gasteiger partial charge in [-0.2, -0.15) is 0 Å². The van der Waals surface area contributed by atoms with Crippen LogP contribution < -0.4 is 0 Å². The summed E-state index contributed by atoms with van der Waals surface area (Å²) >= 11 is 1.04. The molecule has 0 bridgehead atoms. The van der Waals surface area contributed by atoms with E-state index >= 15 is 0 Å². The topological polar surface area (TPSA) is 34.1 Å². The lowest BCUT2D eigenvalue weighted by Crippen LogP contribution is -2.02. The van der Waals surface area contributed by atoms with Gasteiger partial charge in [-0.1, -0.05) is 66.7 Å². The molecule has 0 fully saturated rings. The van der Waals surface area contributed by atoms with Crippen LogP contribution in [-0.4, -0.2) is 10.9 Å². The normalized spacial score (nSPS) is 13.2. The van der Waals surface area contributed by atoms with Gasteiger partial charge in [-0.25, -0.2) is 0 Å². The molecule has 0 radical (unpaired) electrons. The predicted molar refractivity (Wildman–Crippen MR) is 92.5 cm³/mol. The molecule has 3 aromatic carbocycles. The van der Waals surface area contributed by atoms with Gasteiger partial charge >= 0.3 is 0 Å². The third-order valence-corrected chi connectivity index (χ3v) is 4.93. The molecule has 0 aliphatic carbocycles. The van der Waals surface area contributed by atoms with Gasteiger partial charge in [0.05, 0.1) is 0 Å². The smallest absolute Gasteiger partial charge is 0.264 e. The molecule has 0 unspecified atom stereocenters. The molecule has 0 amide bonds. The summed E-state index contributed by atoms with van der Waals surface area (Å²) < 4.78 is 0. The van der Waals surface area contributed by atoms with E-state index in [0.717, 1.165) is 38.9 Å². The van der Waals surface area contributed by atoms with Crippen LogP contribution in [-0.2, 0) is 4.79 Å². The van der Waals surface area contributed by atoms with Crippen molar-refractivity contribution in [1.29, 1.82) is 0 Å². The molecule has 2 nitrogen and oxygen atoms in total. The summed E-state index contributed by atoms with van der Waals surface area (Å²) in [5.74, 6) is -0.401. The Labute approximate surface area is 138 Å². The van der Waals surface area contributed by atoms with Crippen molar-refractivity contribution < 1.29 is 9.59 Å². The fourth-order valence-corrected chi connectivity index (χ4v) is 3.85. The van der Waals surface area contributed by atoms with E-state index in [9.17, 15) is 9.59 Å². The summed E-state index contributed by atoms with van der Waals surface area (Å²) in [6, 6.07) is 23.6. The van der Waals surface area contributed by atoms with Gasteiger partial charge < -0.3 is 0 Å². The Morgan fingerprint density at radius 2 is 1.17 bits per heavy atom. The van der Waals surface area contributed by atoms with Gasteiger partial charge in [0.25, 0.3) is 5.12 Å². The van der Waals surface area contributed by atoms with Crippen molar-refractivity contribution in [2.45, 2.75) is 4.90 Å². The van der Waals surface area contributed by atoms with Crippen LogP contribution in [0, 0.1) is 0 Å². The van der Waals surface area contributed by atoms with E-state index in [1.54, 1.807) is 6.07 Å². The number of thioether (sulfide) groups is 1. The molecule has 4 rings (SSSR count). The van der Waals surface area contributed by atoms with E-state index in [1.807, 2.05) is 66.7 Å². The predicted octanol–water partition coefficient (Wildman–Crippen LogP) is 4.84. The quantitative estimate of drug-likeness (QED) is 0.635. The number of ketones is 1. The highest BCUT2D eigenvalue weighted by Gasteiger charge is 2.33. The van der Waals surface area contributed by atoms with Gasteiger partial charge in [-0.05, 0) is 34.5 Å². The van der Waals surface area contributed by atoms with Gasteiger partial charge in [0, 0.05) is 16.0 Å². The van der Waals surface area contributed by atoms with Crippen LogP contribution in [0.2, 0.25) is 0 Å². The van der Waals surface area contributed by atoms with Crippen molar-refractivity contribution in [3.63, 3.8) is 0 Å². The fraction of sp³-hybridized carbons (Fsp3) is 0. The first-order chi connectivity index (χ1) is 11.3. The average molecular weight is 316 g/mol. The zero-order valence-electron chi connectivity index (χ0n) is 12.2. The lowest BCUT2D eigenvalue weighted by molar-refractivity contribution is -0.107. The van der Waals surface area contributed by atoms with Crippen LogP contribution in [0.3, 0.4) is 0 Å². The van der Waals surface area contributed by atoms with E-state index in [0.29, 0.717) is 5.56 Å². The summed E-state index contributed by atoms with van der Waals surface area (Å²) in [7, 11) is 0. The molecule has 1 aliphatic heterocycles. The molecule has 1 heterocycles. The monoisotopic (exact) mass is 316 g/mol. The summed E-state index contributed by atoms with van der Waals surface area (Å²) in [6.45, 7) is 0. The molecule has 0 atom stereocenters. The van der Waals surface area contributed by atoms with Crippen molar-refractivity contribution >= 4 is 22.7 Å². The second kappa shape index (κ2) is 5.52. The first kappa shape index (κ1) is 14.0. The van der Waals surface area contributed by atoms with Gasteiger partial charge in [0.15, 0.2) is 0 Å². The molecule has 0 saturated carbocycles. The molecular weight excluding hydrogens is 304 g/mol. The minimum Gasteiger partial charge on any atom is -0.284 e. The summed E-state index contributed by atoms with van der Waals surface area (Å²) in [6.07, 6.45) is 0. The molecular formula is C20H12O2S. The lowest BCUT2D eigenvalue weighted by atomic mass is 9.92. The van der Waals surface area contributed by atoms with E-state index in [-0.39, 0.29) is 0 Å².